The molecule has 0 heterocycles. The average Bonchev–Trinajstić information content (AvgIpc) is 2.54. The van der Waals surface area contributed by atoms with E-state index in [1.807, 2.05) is 0 Å². The van der Waals surface area contributed by atoms with Gasteiger partial charge in [0.15, 0.2) is 0 Å². The highest BCUT2D eigenvalue weighted by atomic mass is 14.7. The summed E-state index contributed by atoms with van der Waals surface area (Å²) in [5.41, 5.74) is 19.0. The summed E-state index contributed by atoms with van der Waals surface area (Å²) in [6, 6.07) is 5.20. The van der Waals surface area contributed by atoms with Crippen molar-refractivity contribution in [1.29, 1.82) is 0 Å². The molecule has 0 aromatic heterocycles. The van der Waals surface area contributed by atoms with Crippen LogP contribution in [0.2, 0.25) is 0 Å². The van der Waals surface area contributed by atoms with Crippen molar-refractivity contribution in [3.63, 3.8) is 0 Å². The minimum Gasteiger partial charge on any atom is -0.326 e. The monoisotopic (exact) mass is 501 g/mol. The average molecular weight is 501 g/mol. The third kappa shape index (κ3) is 9.16. The SMILES string of the molecule is CCCC(C)(C)c1cc(C(C)(C)CC(C)(C)C)c(C(C)(C)CC(C)(C)N)cc1C(C)(C)CC(C)(C)N. The summed E-state index contributed by atoms with van der Waals surface area (Å²) in [5.74, 6) is 0. The fourth-order valence-electron chi connectivity index (χ4n) is 7.49. The molecule has 0 atom stereocenters. The Balaban J connectivity index is 4.20. The van der Waals surface area contributed by atoms with Crippen molar-refractivity contribution < 1.29 is 0 Å². The Morgan fingerprint density at radius 2 is 0.750 bits per heavy atom. The van der Waals surface area contributed by atoms with E-state index in [2.05, 4.69) is 123 Å². The molecule has 0 unspecified atom stereocenters. The van der Waals surface area contributed by atoms with Crippen molar-refractivity contribution >= 4 is 0 Å². The maximum absolute atomic E-state index is 6.65. The van der Waals surface area contributed by atoms with Crippen molar-refractivity contribution in [1.82, 2.24) is 0 Å². The van der Waals surface area contributed by atoms with Crippen molar-refractivity contribution in [2.24, 2.45) is 16.9 Å². The quantitative estimate of drug-likeness (QED) is 0.318. The molecule has 0 saturated heterocycles. The van der Waals surface area contributed by atoms with Crippen LogP contribution in [0.5, 0.6) is 0 Å². The molecule has 210 valence electrons. The number of rotatable bonds is 11. The van der Waals surface area contributed by atoms with Gasteiger partial charge in [0.2, 0.25) is 0 Å². The zero-order valence-corrected chi connectivity index (χ0v) is 27.3. The van der Waals surface area contributed by atoms with Crippen LogP contribution in [0.3, 0.4) is 0 Å². The second-order valence-corrected chi connectivity index (χ2v) is 17.3. The molecule has 2 nitrogen and oxygen atoms in total. The van der Waals surface area contributed by atoms with Gasteiger partial charge in [0.05, 0.1) is 0 Å². The van der Waals surface area contributed by atoms with Gasteiger partial charge in [-0.1, -0.05) is 102 Å². The lowest BCUT2D eigenvalue weighted by molar-refractivity contribution is 0.275. The van der Waals surface area contributed by atoms with Gasteiger partial charge < -0.3 is 11.5 Å². The summed E-state index contributed by atoms with van der Waals surface area (Å²) in [4.78, 5) is 0. The number of hydrogen-bond acceptors (Lipinski definition) is 2. The van der Waals surface area contributed by atoms with Gasteiger partial charge in [-0.3, -0.25) is 0 Å². The predicted octanol–water partition coefficient (Wildman–Crippen LogP) is 9.29. The number of hydrogen-bond donors (Lipinski definition) is 2. The molecule has 0 radical (unpaired) electrons. The van der Waals surface area contributed by atoms with Crippen molar-refractivity contribution in [2.75, 3.05) is 0 Å². The second-order valence-electron chi connectivity index (χ2n) is 17.3. The maximum atomic E-state index is 6.65. The van der Waals surface area contributed by atoms with Crippen LogP contribution < -0.4 is 11.5 Å². The first-order valence-electron chi connectivity index (χ1n) is 14.4. The molecule has 0 spiro atoms. The maximum Gasteiger partial charge on any atom is 0.0105 e. The predicted molar refractivity (Wildman–Crippen MR) is 163 cm³/mol. The van der Waals surface area contributed by atoms with Gasteiger partial charge in [0.25, 0.3) is 0 Å². The van der Waals surface area contributed by atoms with Crippen molar-refractivity contribution in [3.8, 4) is 0 Å². The van der Waals surface area contributed by atoms with E-state index in [1.54, 1.807) is 0 Å². The topological polar surface area (TPSA) is 52.0 Å². The van der Waals surface area contributed by atoms with E-state index in [9.17, 15) is 0 Å². The lowest BCUT2D eigenvalue weighted by atomic mass is 9.61. The zero-order chi connectivity index (χ0) is 28.8. The smallest absolute Gasteiger partial charge is 0.0105 e. The Hall–Kier alpha value is -0.860. The molecular formula is C34H64N2. The van der Waals surface area contributed by atoms with Crippen LogP contribution in [0, 0.1) is 5.41 Å². The van der Waals surface area contributed by atoms with Gasteiger partial charge in [-0.15, -0.1) is 0 Å². The number of nitrogens with two attached hydrogens (primary N) is 2. The highest BCUT2D eigenvalue weighted by molar-refractivity contribution is 5.50. The van der Waals surface area contributed by atoms with Crippen LogP contribution in [-0.4, -0.2) is 11.1 Å². The molecule has 4 N–H and O–H groups in total. The molecule has 0 fully saturated rings. The first-order valence-corrected chi connectivity index (χ1v) is 14.4. The van der Waals surface area contributed by atoms with Gasteiger partial charge in [0.1, 0.15) is 0 Å². The Labute approximate surface area is 226 Å². The van der Waals surface area contributed by atoms with Gasteiger partial charge in [0, 0.05) is 11.1 Å². The molecule has 36 heavy (non-hydrogen) atoms. The van der Waals surface area contributed by atoms with E-state index >= 15 is 0 Å². The first-order chi connectivity index (χ1) is 15.6. The summed E-state index contributed by atoms with van der Waals surface area (Å²) in [7, 11) is 0. The molecule has 0 aliphatic rings. The zero-order valence-electron chi connectivity index (χ0n) is 27.3. The summed E-state index contributed by atoms with van der Waals surface area (Å²) < 4.78 is 0. The highest BCUT2D eigenvalue weighted by Gasteiger charge is 2.40. The van der Waals surface area contributed by atoms with Crippen molar-refractivity contribution in [2.45, 2.75) is 176 Å². The molecule has 0 aliphatic carbocycles. The molecule has 1 aromatic carbocycles. The van der Waals surface area contributed by atoms with Crippen molar-refractivity contribution in [3.05, 3.63) is 34.4 Å². The van der Waals surface area contributed by atoms with Gasteiger partial charge >= 0.3 is 0 Å². The van der Waals surface area contributed by atoms with E-state index < -0.39 is 0 Å². The van der Waals surface area contributed by atoms with E-state index in [0.717, 1.165) is 19.3 Å². The van der Waals surface area contributed by atoms with Gasteiger partial charge in [-0.25, -0.2) is 0 Å². The Bertz CT molecular complexity index is 877. The summed E-state index contributed by atoms with van der Waals surface area (Å²) in [6.07, 6.45) is 5.33. The fourth-order valence-corrected chi connectivity index (χ4v) is 7.49. The minimum atomic E-state index is -0.246. The molecule has 1 rings (SSSR count). The highest BCUT2D eigenvalue weighted by Crippen LogP contribution is 2.48. The minimum absolute atomic E-state index is 0.0381. The third-order valence-electron chi connectivity index (χ3n) is 7.72. The summed E-state index contributed by atoms with van der Waals surface area (Å²) in [5, 5.41) is 0. The summed E-state index contributed by atoms with van der Waals surface area (Å²) >= 11 is 0. The van der Waals surface area contributed by atoms with Gasteiger partial charge in [-0.2, -0.15) is 0 Å². The van der Waals surface area contributed by atoms with Gasteiger partial charge in [-0.05, 0) is 103 Å². The summed E-state index contributed by atoms with van der Waals surface area (Å²) in [6.45, 7) is 37.4. The Morgan fingerprint density at radius 3 is 1.00 bits per heavy atom. The van der Waals surface area contributed by atoms with E-state index in [-0.39, 0.29) is 38.2 Å². The standard InChI is InChI=1S/C34H64N2/c1-17-18-29(5,6)24-19-26(30(7,8)21-28(2,3)4)27(32(11,12)23-34(15,16)36)20-25(24)31(9,10)22-33(13,14)35/h19-20H,17-18,21-23,35-36H2,1-16H3. The molecule has 0 bridgehead atoms. The largest absolute Gasteiger partial charge is 0.326 e. The molecule has 2 heteroatoms. The van der Waals surface area contributed by atoms with Crippen LogP contribution in [0.4, 0.5) is 0 Å². The third-order valence-corrected chi connectivity index (χ3v) is 7.72. The Kier molecular flexibility index (Phi) is 9.55. The van der Waals surface area contributed by atoms with Crippen LogP contribution in [0.25, 0.3) is 0 Å². The fraction of sp³-hybridized carbons (Fsp3) is 0.824. The van der Waals surface area contributed by atoms with Crippen LogP contribution in [0.1, 0.15) is 165 Å². The molecule has 0 saturated carbocycles. The number of benzene rings is 1. The Morgan fingerprint density at radius 1 is 0.472 bits per heavy atom. The molecule has 1 aromatic rings. The van der Waals surface area contributed by atoms with Crippen LogP contribution in [-0.2, 0) is 21.7 Å². The first kappa shape index (κ1) is 33.2. The van der Waals surface area contributed by atoms with Crippen LogP contribution >= 0.6 is 0 Å². The van der Waals surface area contributed by atoms with E-state index in [0.29, 0.717) is 0 Å². The van der Waals surface area contributed by atoms with E-state index in [4.69, 9.17) is 11.5 Å². The molecule has 0 amide bonds. The molecular weight excluding hydrogens is 436 g/mol. The normalized spacial score (nSPS) is 14.9. The molecule has 0 aliphatic heterocycles. The van der Waals surface area contributed by atoms with Crippen LogP contribution in [0.15, 0.2) is 12.1 Å². The lowest BCUT2D eigenvalue weighted by Gasteiger charge is -2.44. The second kappa shape index (κ2) is 10.4. The van der Waals surface area contributed by atoms with E-state index in [1.165, 1.54) is 35.1 Å². The lowest BCUT2D eigenvalue weighted by Crippen LogP contribution is -2.42.